The van der Waals surface area contributed by atoms with E-state index in [9.17, 15) is 13.7 Å². The molecule has 2 aromatic rings. The molecule has 1 aliphatic heterocycles. The third-order valence-corrected chi connectivity index (χ3v) is 7.85. The van der Waals surface area contributed by atoms with Crippen LogP contribution in [0.5, 0.6) is 0 Å². The van der Waals surface area contributed by atoms with Crippen molar-refractivity contribution in [2.24, 2.45) is 13.0 Å². The van der Waals surface area contributed by atoms with Gasteiger partial charge in [0.2, 0.25) is 0 Å². The molecule has 9 heteroatoms. The van der Waals surface area contributed by atoms with Gasteiger partial charge in [0, 0.05) is 46.9 Å². The van der Waals surface area contributed by atoms with E-state index in [2.05, 4.69) is 28.6 Å². The number of halogens is 1. The van der Waals surface area contributed by atoms with Crippen LogP contribution >= 0.6 is 0 Å². The Kier molecular flexibility index (Phi) is 7.20. The largest absolute Gasteiger partial charge is 0.368 e. The number of hydrogen-bond acceptors (Lipinski definition) is 4. The maximum absolute atomic E-state index is 14.1. The number of aliphatic hydroxyl groups excluding tert-OH is 1. The molecule has 4 N–H and O–H groups in total. The number of nitriles is 1. The van der Waals surface area contributed by atoms with E-state index in [-0.39, 0.29) is 17.6 Å². The molecule has 0 bridgehead atoms. The predicted octanol–water partition coefficient (Wildman–Crippen LogP) is 3.37. The summed E-state index contributed by atoms with van der Waals surface area (Å²) in [6.07, 6.45) is 5.32. The number of anilines is 1. The van der Waals surface area contributed by atoms with Gasteiger partial charge in [-0.1, -0.05) is 26.0 Å². The maximum Gasteiger partial charge on any atom is 0.166 e. The van der Waals surface area contributed by atoms with Crippen molar-refractivity contribution in [2.45, 2.75) is 57.3 Å². The summed E-state index contributed by atoms with van der Waals surface area (Å²) in [7, 11) is -1.40. The van der Waals surface area contributed by atoms with Crippen LogP contribution in [0.15, 0.2) is 35.4 Å². The molecule has 1 aromatic heterocycles. The molecule has 2 heterocycles. The molecule has 0 aliphatic carbocycles. The average Bonchev–Trinajstić information content (AvgIpc) is 2.97. The smallest absolute Gasteiger partial charge is 0.166 e. The molecule has 0 saturated heterocycles. The van der Waals surface area contributed by atoms with Crippen LogP contribution in [0.1, 0.15) is 57.2 Å². The number of aryl methyl sites for hydroxylation is 1. The van der Waals surface area contributed by atoms with Crippen molar-refractivity contribution in [3.63, 3.8) is 0 Å². The molecule has 1 aromatic carbocycles. The summed E-state index contributed by atoms with van der Waals surface area (Å²) in [6.45, 7) is 8.12. The monoisotopic (exact) mass is 461 g/mol. The molecule has 1 aliphatic rings. The molecule has 0 radical (unpaired) electrons. The number of hydrogen-bond donors (Lipinski definition) is 5. The Labute approximate surface area is 190 Å². The highest BCUT2D eigenvalue weighted by atomic mass is 32.3. The third-order valence-electron chi connectivity index (χ3n) is 5.24. The summed E-state index contributed by atoms with van der Waals surface area (Å²) >= 11 is 0. The van der Waals surface area contributed by atoms with Gasteiger partial charge in [0.15, 0.2) is 6.23 Å². The van der Waals surface area contributed by atoms with E-state index in [4.69, 9.17) is 5.26 Å². The number of nitrogens with zero attached hydrogens (tertiary/aromatic N) is 2. The minimum absolute atomic E-state index is 0.0192. The molecule has 2 atom stereocenters. The Morgan fingerprint density at radius 1 is 1.34 bits per heavy atom. The van der Waals surface area contributed by atoms with Crippen LogP contribution in [0, 0.1) is 23.1 Å². The molecular weight excluding hydrogens is 429 g/mol. The Hall–Kier alpha value is -2.51. The average molecular weight is 462 g/mol. The van der Waals surface area contributed by atoms with E-state index in [0.717, 1.165) is 6.42 Å². The lowest BCUT2D eigenvalue weighted by Crippen LogP contribution is -2.50. The number of nitrogens with one attached hydrogen (secondary N) is 3. The number of fused-ring (bicyclic) bond motifs is 1. The molecule has 0 fully saturated rings. The Morgan fingerprint density at radius 2 is 2.06 bits per heavy atom. The number of aromatic nitrogens is 1. The quantitative estimate of drug-likeness (QED) is 0.322. The topological polar surface area (TPSA) is 102 Å². The Morgan fingerprint density at radius 3 is 2.69 bits per heavy atom. The first-order valence-corrected chi connectivity index (χ1v) is 12.4. The van der Waals surface area contributed by atoms with Crippen molar-refractivity contribution < 1.29 is 13.7 Å². The predicted molar refractivity (Wildman–Crippen MR) is 127 cm³/mol. The number of aliphatic hydroxyl groups is 1. The first-order chi connectivity index (χ1) is 15.0. The van der Waals surface area contributed by atoms with E-state index >= 15 is 0 Å². The maximum atomic E-state index is 14.1. The molecule has 0 amide bonds. The molecule has 7 nitrogen and oxygen atoms in total. The van der Waals surface area contributed by atoms with Crippen LogP contribution in [-0.2, 0) is 17.4 Å². The summed E-state index contributed by atoms with van der Waals surface area (Å²) in [5.74, 6) is -0.209. The van der Waals surface area contributed by atoms with Gasteiger partial charge in [0.05, 0.1) is 16.2 Å². The van der Waals surface area contributed by atoms with Crippen molar-refractivity contribution in [3.05, 3.63) is 53.1 Å². The second-order valence-electron chi connectivity index (χ2n) is 8.89. The Balaban J connectivity index is 2.03. The first kappa shape index (κ1) is 24.1. The zero-order valence-corrected chi connectivity index (χ0v) is 20.0. The van der Waals surface area contributed by atoms with Crippen LogP contribution in [0.25, 0.3) is 6.08 Å². The van der Waals surface area contributed by atoms with Crippen LogP contribution in [0.3, 0.4) is 0 Å². The van der Waals surface area contributed by atoms with E-state index in [1.54, 1.807) is 23.9 Å². The third kappa shape index (κ3) is 5.10. The lowest BCUT2D eigenvalue weighted by molar-refractivity contribution is 0.199. The highest BCUT2D eigenvalue weighted by Crippen LogP contribution is 2.33. The summed E-state index contributed by atoms with van der Waals surface area (Å²) in [6, 6.07) is 5.68. The standard InChI is InChI=1S/C23H32FN5O2S/c1-14(2)10-18-6-8-19-21(32(31,28-18)27-15(3)4)13-29(5)22(19)23(30)26-17-7-9-20(24)16(11-17)12-25/h6-9,11,13-15,18,23,26,30,32H,10H2,1-5H3,(H2,27,28,31)/t18-,23?/m1/s1. The SMILES string of the molecule is CC(C)C[C@H]1C=Cc2c(cn(C)c2C(O)Nc2ccc(F)c(C#N)c2)[SH](=O)(NC(C)C)N1. The molecular formula is C23H32FN5O2S. The van der Waals surface area contributed by atoms with Crippen molar-refractivity contribution in [3.8, 4) is 6.07 Å². The second kappa shape index (κ2) is 9.55. The summed E-state index contributed by atoms with van der Waals surface area (Å²) < 4.78 is 36.0. The highest BCUT2D eigenvalue weighted by Gasteiger charge is 2.31. The fourth-order valence-corrected chi connectivity index (χ4v) is 6.60. The molecule has 1 unspecified atom stereocenters. The van der Waals surface area contributed by atoms with Gasteiger partial charge in [-0.2, -0.15) is 5.26 Å². The molecule has 3 rings (SSSR count). The minimum atomic E-state index is -3.18. The van der Waals surface area contributed by atoms with E-state index in [0.29, 0.717) is 27.8 Å². The highest BCUT2D eigenvalue weighted by molar-refractivity contribution is 7.99. The summed E-state index contributed by atoms with van der Waals surface area (Å²) in [5.41, 5.74) is 1.49. The van der Waals surface area contributed by atoms with Gasteiger partial charge in [0.25, 0.3) is 0 Å². The van der Waals surface area contributed by atoms with E-state index < -0.39 is 22.3 Å². The summed E-state index contributed by atoms with van der Waals surface area (Å²) in [4.78, 5) is 0.601. The fraction of sp³-hybridized carbons (Fsp3) is 0.435. The lowest BCUT2D eigenvalue weighted by Gasteiger charge is -2.31. The number of rotatable bonds is 7. The van der Waals surface area contributed by atoms with Crippen molar-refractivity contribution in [2.75, 3.05) is 5.32 Å². The van der Waals surface area contributed by atoms with Crippen molar-refractivity contribution >= 4 is 22.1 Å². The number of benzene rings is 1. The van der Waals surface area contributed by atoms with Gasteiger partial charge < -0.3 is 15.0 Å². The number of thiol groups is 1. The van der Waals surface area contributed by atoms with Gasteiger partial charge in [-0.3, -0.25) is 4.21 Å². The van der Waals surface area contributed by atoms with Crippen LogP contribution in [-0.4, -0.2) is 26.0 Å². The molecule has 0 spiro atoms. The van der Waals surface area contributed by atoms with Gasteiger partial charge in [-0.05, 0) is 44.4 Å². The lowest BCUT2D eigenvalue weighted by atomic mass is 10.0. The zero-order valence-electron chi connectivity index (χ0n) is 19.1. The van der Waals surface area contributed by atoms with Gasteiger partial charge in [-0.15, -0.1) is 0 Å². The molecule has 174 valence electrons. The Bertz CT molecular complexity index is 1100. The van der Waals surface area contributed by atoms with Crippen molar-refractivity contribution in [1.29, 1.82) is 5.26 Å². The van der Waals surface area contributed by atoms with Gasteiger partial charge in [-0.25, -0.2) is 13.8 Å². The summed E-state index contributed by atoms with van der Waals surface area (Å²) in [5, 5.41) is 23.0. The van der Waals surface area contributed by atoms with Gasteiger partial charge in [0.1, 0.15) is 11.9 Å². The normalized spacial score (nSPS) is 19.3. The van der Waals surface area contributed by atoms with Crippen LogP contribution < -0.4 is 14.8 Å². The van der Waals surface area contributed by atoms with E-state index in [1.807, 2.05) is 26.0 Å². The fourth-order valence-electron chi connectivity index (χ4n) is 4.00. The van der Waals surface area contributed by atoms with Crippen LogP contribution in [0.2, 0.25) is 0 Å². The van der Waals surface area contributed by atoms with Crippen LogP contribution in [0.4, 0.5) is 10.1 Å². The molecule has 32 heavy (non-hydrogen) atoms. The van der Waals surface area contributed by atoms with Crippen molar-refractivity contribution in [1.82, 2.24) is 14.0 Å². The van der Waals surface area contributed by atoms with Gasteiger partial charge >= 0.3 is 0 Å². The minimum Gasteiger partial charge on any atom is -0.368 e. The molecule has 0 saturated carbocycles. The first-order valence-electron chi connectivity index (χ1n) is 10.7. The zero-order chi connectivity index (χ0) is 23.6. The van der Waals surface area contributed by atoms with E-state index in [1.165, 1.54) is 18.2 Å². The second-order valence-corrected chi connectivity index (χ2v) is 11.1.